The van der Waals surface area contributed by atoms with E-state index in [9.17, 15) is 9.59 Å². The van der Waals surface area contributed by atoms with E-state index in [4.69, 9.17) is 5.73 Å². The number of carbonyl (C=O) groups is 1. The Bertz CT molecular complexity index is 449. The monoisotopic (exact) mass is 223 g/mol. The molecule has 0 fully saturated rings. The Morgan fingerprint density at radius 3 is 2.62 bits per heavy atom. The lowest BCUT2D eigenvalue weighted by Crippen LogP contribution is -2.49. The van der Waals surface area contributed by atoms with Crippen LogP contribution < -0.4 is 16.6 Å². The van der Waals surface area contributed by atoms with Gasteiger partial charge in [-0.05, 0) is 32.9 Å². The van der Waals surface area contributed by atoms with Gasteiger partial charge in [-0.25, -0.2) is 0 Å². The number of H-pyrrole nitrogens is 1. The second kappa shape index (κ2) is 4.49. The van der Waals surface area contributed by atoms with Crippen LogP contribution in [0, 0.1) is 6.92 Å². The van der Waals surface area contributed by atoms with E-state index in [0.717, 1.165) is 5.69 Å². The number of pyridine rings is 1. The molecule has 1 aromatic rings. The Labute approximate surface area is 94.1 Å². The number of aromatic amines is 1. The zero-order valence-corrected chi connectivity index (χ0v) is 9.76. The number of rotatable bonds is 3. The first-order valence-corrected chi connectivity index (χ1v) is 5.08. The fraction of sp³-hybridized carbons (Fsp3) is 0.455. The van der Waals surface area contributed by atoms with Gasteiger partial charge in [0.1, 0.15) is 5.56 Å². The van der Waals surface area contributed by atoms with Gasteiger partial charge in [-0.1, -0.05) is 0 Å². The van der Waals surface area contributed by atoms with Gasteiger partial charge in [0, 0.05) is 17.8 Å². The van der Waals surface area contributed by atoms with Crippen molar-refractivity contribution < 1.29 is 4.79 Å². The molecule has 0 aliphatic heterocycles. The molecule has 0 spiro atoms. The molecule has 0 aliphatic carbocycles. The summed E-state index contributed by atoms with van der Waals surface area (Å²) in [5.41, 5.74) is 5.42. The average Bonchev–Trinajstić information content (AvgIpc) is 2.16. The predicted octanol–water partition coefficient (Wildman–Crippen LogP) is 0.150. The summed E-state index contributed by atoms with van der Waals surface area (Å²) in [5.74, 6) is -0.406. The molecule has 0 bridgehead atoms. The molecule has 0 radical (unpaired) electrons. The maximum absolute atomic E-state index is 11.8. The summed E-state index contributed by atoms with van der Waals surface area (Å²) in [6.45, 7) is 5.66. The molecule has 0 unspecified atom stereocenters. The Kier molecular flexibility index (Phi) is 3.49. The molecule has 0 saturated carbocycles. The predicted molar refractivity (Wildman–Crippen MR) is 62.4 cm³/mol. The molecule has 0 aromatic carbocycles. The van der Waals surface area contributed by atoms with Crippen LogP contribution in [0.15, 0.2) is 16.9 Å². The lowest BCUT2D eigenvalue weighted by molar-refractivity contribution is 0.0914. The van der Waals surface area contributed by atoms with Crippen molar-refractivity contribution in [3.63, 3.8) is 0 Å². The fourth-order valence-corrected chi connectivity index (χ4v) is 1.18. The molecule has 1 amide bonds. The number of nitrogens with two attached hydrogens (primary N) is 1. The van der Waals surface area contributed by atoms with Gasteiger partial charge in [0.2, 0.25) is 0 Å². The maximum Gasteiger partial charge on any atom is 0.260 e. The summed E-state index contributed by atoms with van der Waals surface area (Å²) in [6, 6.07) is 3.20. The molecule has 1 aromatic heterocycles. The van der Waals surface area contributed by atoms with E-state index in [2.05, 4.69) is 10.3 Å². The second-order valence-corrected chi connectivity index (χ2v) is 4.43. The zero-order valence-electron chi connectivity index (χ0n) is 9.76. The molecule has 88 valence electrons. The van der Waals surface area contributed by atoms with Crippen LogP contribution in [0.3, 0.4) is 0 Å². The van der Waals surface area contributed by atoms with Crippen LogP contribution >= 0.6 is 0 Å². The van der Waals surface area contributed by atoms with Crippen LogP contribution in [-0.4, -0.2) is 23.0 Å². The molecule has 5 nitrogen and oxygen atoms in total. The first-order valence-electron chi connectivity index (χ1n) is 5.08. The van der Waals surface area contributed by atoms with Crippen molar-refractivity contribution in [1.29, 1.82) is 0 Å². The topological polar surface area (TPSA) is 88.0 Å². The van der Waals surface area contributed by atoms with Crippen molar-refractivity contribution in [3.8, 4) is 0 Å². The molecular formula is C11H17N3O2. The summed E-state index contributed by atoms with van der Waals surface area (Å²) < 4.78 is 0. The smallest absolute Gasteiger partial charge is 0.260 e. The van der Waals surface area contributed by atoms with Crippen LogP contribution in [0.5, 0.6) is 0 Å². The number of amides is 1. The Hall–Kier alpha value is -1.62. The van der Waals surface area contributed by atoms with Crippen LogP contribution in [0.25, 0.3) is 0 Å². The normalized spacial score (nSPS) is 11.2. The molecule has 1 heterocycles. The van der Waals surface area contributed by atoms with Gasteiger partial charge in [0.15, 0.2) is 0 Å². The van der Waals surface area contributed by atoms with E-state index in [1.807, 2.05) is 0 Å². The Balaban J connectivity index is 2.94. The molecule has 0 saturated heterocycles. The number of hydrogen-bond acceptors (Lipinski definition) is 3. The minimum atomic E-state index is -0.519. The lowest BCUT2D eigenvalue weighted by atomic mass is 10.1. The highest BCUT2D eigenvalue weighted by atomic mass is 16.2. The van der Waals surface area contributed by atoms with Crippen LogP contribution in [-0.2, 0) is 0 Å². The number of aryl methyl sites for hydroxylation is 1. The van der Waals surface area contributed by atoms with Gasteiger partial charge in [-0.3, -0.25) is 9.59 Å². The summed E-state index contributed by atoms with van der Waals surface area (Å²) in [5, 5.41) is 2.70. The van der Waals surface area contributed by atoms with Crippen molar-refractivity contribution in [2.24, 2.45) is 5.73 Å². The molecule has 0 aliphatic rings. The van der Waals surface area contributed by atoms with Crippen LogP contribution in [0.1, 0.15) is 29.9 Å². The first-order chi connectivity index (χ1) is 7.35. The van der Waals surface area contributed by atoms with Gasteiger partial charge in [-0.2, -0.15) is 0 Å². The van der Waals surface area contributed by atoms with E-state index in [1.165, 1.54) is 6.07 Å². The van der Waals surface area contributed by atoms with Gasteiger partial charge >= 0.3 is 0 Å². The third-order valence-corrected chi connectivity index (χ3v) is 2.26. The van der Waals surface area contributed by atoms with Gasteiger partial charge < -0.3 is 16.0 Å². The molecular weight excluding hydrogens is 206 g/mol. The fourth-order valence-electron chi connectivity index (χ4n) is 1.18. The van der Waals surface area contributed by atoms with Crippen LogP contribution in [0.2, 0.25) is 0 Å². The Morgan fingerprint density at radius 1 is 1.50 bits per heavy atom. The molecule has 16 heavy (non-hydrogen) atoms. The quantitative estimate of drug-likeness (QED) is 0.681. The van der Waals surface area contributed by atoms with Crippen molar-refractivity contribution in [2.75, 3.05) is 6.54 Å². The minimum absolute atomic E-state index is 0.104. The summed E-state index contributed by atoms with van der Waals surface area (Å²) >= 11 is 0. The van der Waals surface area contributed by atoms with E-state index >= 15 is 0 Å². The highest BCUT2D eigenvalue weighted by molar-refractivity contribution is 5.94. The van der Waals surface area contributed by atoms with Crippen molar-refractivity contribution in [2.45, 2.75) is 26.3 Å². The second-order valence-electron chi connectivity index (χ2n) is 4.43. The largest absolute Gasteiger partial charge is 0.346 e. The third kappa shape index (κ3) is 2.93. The van der Waals surface area contributed by atoms with Gasteiger partial charge in [0.25, 0.3) is 11.5 Å². The average molecular weight is 223 g/mol. The number of aromatic nitrogens is 1. The van der Waals surface area contributed by atoms with Gasteiger partial charge in [0.05, 0.1) is 0 Å². The van der Waals surface area contributed by atoms with E-state index in [1.54, 1.807) is 26.8 Å². The number of nitrogens with one attached hydrogen (secondary N) is 2. The highest BCUT2D eigenvalue weighted by Gasteiger charge is 2.20. The van der Waals surface area contributed by atoms with Gasteiger partial charge in [-0.15, -0.1) is 0 Å². The standard InChI is InChI=1S/C11H17N3O2/c1-7-4-5-8(9(15)13-7)10(16)14-11(2,3)6-12/h4-5H,6,12H2,1-3H3,(H,13,15)(H,14,16). The lowest BCUT2D eigenvalue weighted by Gasteiger charge is -2.23. The third-order valence-electron chi connectivity index (χ3n) is 2.26. The highest BCUT2D eigenvalue weighted by Crippen LogP contribution is 2.01. The van der Waals surface area contributed by atoms with E-state index < -0.39 is 11.4 Å². The Morgan fingerprint density at radius 2 is 2.12 bits per heavy atom. The summed E-state index contributed by atoms with van der Waals surface area (Å²) in [7, 11) is 0. The zero-order chi connectivity index (χ0) is 12.3. The van der Waals surface area contributed by atoms with Crippen molar-refractivity contribution in [3.05, 3.63) is 33.7 Å². The SMILES string of the molecule is Cc1ccc(C(=O)NC(C)(C)CN)c(=O)[nH]1. The number of carbonyl (C=O) groups excluding carboxylic acids is 1. The first kappa shape index (κ1) is 12.4. The van der Waals surface area contributed by atoms with Crippen molar-refractivity contribution >= 4 is 5.91 Å². The minimum Gasteiger partial charge on any atom is -0.346 e. The summed E-state index contributed by atoms with van der Waals surface area (Å²) in [6.07, 6.45) is 0. The van der Waals surface area contributed by atoms with E-state index in [-0.39, 0.29) is 11.1 Å². The molecule has 1 rings (SSSR count). The summed E-state index contributed by atoms with van der Waals surface area (Å²) in [4.78, 5) is 25.8. The molecule has 0 atom stereocenters. The van der Waals surface area contributed by atoms with E-state index in [0.29, 0.717) is 6.54 Å². The molecule has 4 N–H and O–H groups in total. The van der Waals surface area contributed by atoms with Crippen LogP contribution in [0.4, 0.5) is 0 Å². The number of hydrogen-bond donors (Lipinski definition) is 3. The maximum atomic E-state index is 11.8. The van der Waals surface area contributed by atoms with Crippen molar-refractivity contribution in [1.82, 2.24) is 10.3 Å². The molecule has 5 heteroatoms.